The fraction of sp³-hybridized carbons (Fsp3) is 0.643. The lowest BCUT2D eigenvalue weighted by Crippen LogP contribution is -2.55. The van der Waals surface area contributed by atoms with Gasteiger partial charge in [0, 0.05) is 6.07 Å². The lowest BCUT2D eigenvalue weighted by molar-refractivity contribution is -0.181. The molecule has 9 heteroatoms. The van der Waals surface area contributed by atoms with E-state index in [0.717, 1.165) is 11.8 Å². The van der Waals surface area contributed by atoms with Gasteiger partial charge in [-0.2, -0.15) is 24.9 Å². The van der Waals surface area contributed by atoms with E-state index in [2.05, 4.69) is 4.98 Å². The van der Waals surface area contributed by atoms with Crippen LogP contribution in [0.3, 0.4) is 0 Å². The van der Waals surface area contributed by atoms with Crippen molar-refractivity contribution in [2.24, 2.45) is 0 Å². The highest BCUT2D eigenvalue weighted by atomic mass is 32.2. The summed E-state index contributed by atoms with van der Waals surface area (Å²) < 4.78 is 48.6. The van der Waals surface area contributed by atoms with Crippen molar-refractivity contribution in [1.29, 1.82) is 0 Å². The Morgan fingerprint density at radius 2 is 2.09 bits per heavy atom. The van der Waals surface area contributed by atoms with Crippen molar-refractivity contribution in [3.8, 4) is 5.88 Å². The Bertz CT molecular complexity index is 517. The summed E-state index contributed by atoms with van der Waals surface area (Å²) in [5, 5.41) is 20.1. The molecular formula is C14H18F3NO4S. The van der Waals surface area contributed by atoms with E-state index in [1.54, 1.807) is 11.8 Å². The molecule has 1 aromatic rings. The highest BCUT2D eigenvalue weighted by Crippen LogP contribution is 2.29. The van der Waals surface area contributed by atoms with E-state index in [1.807, 2.05) is 6.26 Å². The van der Waals surface area contributed by atoms with Crippen LogP contribution in [-0.4, -0.2) is 58.2 Å². The van der Waals surface area contributed by atoms with Gasteiger partial charge in [-0.15, -0.1) is 0 Å². The Kier molecular flexibility index (Phi) is 6.12. The summed E-state index contributed by atoms with van der Waals surface area (Å²) in [6.07, 6.45) is -6.02. The van der Waals surface area contributed by atoms with Gasteiger partial charge in [0.1, 0.15) is 17.9 Å². The van der Waals surface area contributed by atoms with E-state index in [4.69, 9.17) is 9.47 Å². The SMILES string of the molecule is CSCC[C@H]1OC[C@H](Oc2cccc(C(F)(F)F)n2)[C@@H](O)[C@H]1O. The third-order valence-corrected chi connectivity index (χ3v) is 4.12. The van der Waals surface area contributed by atoms with Crippen LogP contribution in [0.2, 0.25) is 0 Å². The largest absolute Gasteiger partial charge is 0.469 e. The van der Waals surface area contributed by atoms with E-state index in [-0.39, 0.29) is 12.5 Å². The molecule has 23 heavy (non-hydrogen) atoms. The molecule has 0 amide bonds. The smallest absolute Gasteiger partial charge is 0.433 e. The summed E-state index contributed by atoms with van der Waals surface area (Å²) in [6.45, 7) is -0.0325. The molecular weight excluding hydrogens is 335 g/mol. The number of thioether (sulfide) groups is 1. The summed E-state index contributed by atoms with van der Waals surface area (Å²) in [5.41, 5.74) is -1.08. The molecule has 0 radical (unpaired) electrons. The lowest BCUT2D eigenvalue weighted by Gasteiger charge is -2.37. The molecule has 2 heterocycles. The topological polar surface area (TPSA) is 71.8 Å². The van der Waals surface area contributed by atoms with Crippen molar-refractivity contribution >= 4 is 11.8 Å². The van der Waals surface area contributed by atoms with Gasteiger partial charge < -0.3 is 19.7 Å². The van der Waals surface area contributed by atoms with E-state index in [0.29, 0.717) is 6.42 Å². The van der Waals surface area contributed by atoms with Crippen LogP contribution in [0.4, 0.5) is 13.2 Å². The van der Waals surface area contributed by atoms with Crippen LogP contribution in [0.1, 0.15) is 12.1 Å². The zero-order chi connectivity index (χ0) is 17.0. The molecule has 130 valence electrons. The molecule has 2 rings (SSSR count). The van der Waals surface area contributed by atoms with Crippen molar-refractivity contribution in [1.82, 2.24) is 4.98 Å². The van der Waals surface area contributed by atoms with Crippen molar-refractivity contribution in [3.63, 3.8) is 0 Å². The first kappa shape index (κ1) is 18.3. The maximum atomic E-state index is 12.6. The number of aromatic nitrogens is 1. The predicted octanol–water partition coefficient (Wildman–Crippen LogP) is 1.72. The summed E-state index contributed by atoms with van der Waals surface area (Å²) in [6, 6.07) is 3.25. The first-order chi connectivity index (χ1) is 10.8. The molecule has 5 nitrogen and oxygen atoms in total. The van der Waals surface area contributed by atoms with Crippen molar-refractivity contribution < 1.29 is 32.9 Å². The molecule has 0 saturated carbocycles. The monoisotopic (exact) mass is 353 g/mol. The first-order valence-electron chi connectivity index (χ1n) is 7.00. The van der Waals surface area contributed by atoms with E-state index < -0.39 is 36.3 Å². The standard InChI is InChI=1S/C14H18F3NO4S/c1-23-6-5-8-12(19)13(20)9(7-21-8)22-11-4-2-3-10(18-11)14(15,16)17/h2-4,8-9,12-13,19-20H,5-7H2,1H3/t8-,9+,12+,13-/m1/s1. The minimum Gasteiger partial charge on any atom is -0.469 e. The Balaban J connectivity index is 2.01. The number of nitrogens with zero attached hydrogens (tertiary/aromatic N) is 1. The first-order valence-corrected chi connectivity index (χ1v) is 8.40. The quantitative estimate of drug-likeness (QED) is 0.840. The second-order valence-corrected chi connectivity index (χ2v) is 6.14. The van der Waals surface area contributed by atoms with Crippen LogP contribution >= 0.6 is 11.8 Å². The number of halogens is 3. The average Bonchev–Trinajstić information content (AvgIpc) is 2.51. The second kappa shape index (κ2) is 7.69. The fourth-order valence-corrected chi connectivity index (χ4v) is 2.71. The van der Waals surface area contributed by atoms with Crippen LogP contribution in [0, 0.1) is 0 Å². The van der Waals surface area contributed by atoms with Gasteiger partial charge >= 0.3 is 6.18 Å². The third-order valence-electron chi connectivity index (χ3n) is 3.48. The predicted molar refractivity (Wildman–Crippen MR) is 78.4 cm³/mol. The van der Waals surface area contributed by atoms with Crippen molar-refractivity contribution in [2.45, 2.75) is 37.0 Å². The van der Waals surface area contributed by atoms with Gasteiger partial charge in [0.15, 0.2) is 6.10 Å². The van der Waals surface area contributed by atoms with Gasteiger partial charge in [0.05, 0.1) is 12.7 Å². The zero-order valence-corrected chi connectivity index (χ0v) is 13.2. The van der Waals surface area contributed by atoms with Crippen molar-refractivity contribution in [3.05, 3.63) is 23.9 Å². The maximum absolute atomic E-state index is 12.6. The Morgan fingerprint density at radius 3 is 2.74 bits per heavy atom. The highest BCUT2D eigenvalue weighted by molar-refractivity contribution is 7.98. The Labute approximate surface area is 135 Å². The van der Waals surface area contributed by atoms with Crippen LogP contribution in [0.15, 0.2) is 18.2 Å². The number of rotatable bonds is 5. The fourth-order valence-electron chi connectivity index (χ4n) is 2.24. The summed E-state index contributed by atoms with van der Waals surface area (Å²) in [4.78, 5) is 3.37. The molecule has 2 N–H and O–H groups in total. The molecule has 0 aliphatic carbocycles. The van der Waals surface area contributed by atoms with Gasteiger partial charge in [-0.3, -0.25) is 0 Å². The summed E-state index contributed by atoms with van der Waals surface area (Å²) in [7, 11) is 0. The number of alkyl halides is 3. The number of aliphatic hydroxyl groups excluding tert-OH is 2. The number of pyridine rings is 1. The van der Waals surface area contributed by atoms with Crippen molar-refractivity contribution in [2.75, 3.05) is 18.6 Å². The lowest BCUT2D eigenvalue weighted by atomic mass is 9.98. The summed E-state index contributed by atoms with van der Waals surface area (Å²) in [5.74, 6) is 0.483. The molecule has 4 atom stereocenters. The van der Waals surface area contributed by atoms with Crippen LogP contribution in [0.25, 0.3) is 0 Å². The van der Waals surface area contributed by atoms with Gasteiger partial charge in [-0.1, -0.05) is 6.07 Å². The molecule has 0 aromatic carbocycles. The van der Waals surface area contributed by atoms with Gasteiger partial charge in [-0.05, 0) is 24.5 Å². The Hall–Kier alpha value is -1.03. The minimum atomic E-state index is -4.58. The van der Waals surface area contributed by atoms with Gasteiger partial charge in [-0.25, -0.2) is 4.98 Å². The van der Waals surface area contributed by atoms with Crippen LogP contribution in [0.5, 0.6) is 5.88 Å². The summed E-state index contributed by atoms with van der Waals surface area (Å²) >= 11 is 1.59. The second-order valence-electron chi connectivity index (χ2n) is 5.15. The zero-order valence-electron chi connectivity index (χ0n) is 12.4. The van der Waals surface area contributed by atoms with Crippen LogP contribution < -0.4 is 4.74 Å². The number of ether oxygens (including phenoxy) is 2. The maximum Gasteiger partial charge on any atom is 0.433 e. The number of hydrogen-bond acceptors (Lipinski definition) is 6. The average molecular weight is 353 g/mol. The number of hydrogen-bond donors (Lipinski definition) is 2. The molecule has 1 aliphatic heterocycles. The molecule has 1 fully saturated rings. The third kappa shape index (κ3) is 4.72. The highest BCUT2D eigenvalue weighted by Gasteiger charge is 2.40. The molecule has 0 unspecified atom stereocenters. The van der Waals surface area contributed by atoms with Gasteiger partial charge in [0.25, 0.3) is 0 Å². The molecule has 0 bridgehead atoms. The van der Waals surface area contributed by atoms with Crippen LogP contribution in [-0.2, 0) is 10.9 Å². The van der Waals surface area contributed by atoms with Gasteiger partial charge in [0.2, 0.25) is 5.88 Å². The molecule has 1 aliphatic rings. The molecule has 1 aromatic heterocycles. The minimum absolute atomic E-state index is 0.0325. The molecule has 0 spiro atoms. The normalized spacial score (nSPS) is 28.6. The number of aliphatic hydroxyl groups is 2. The Morgan fingerprint density at radius 1 is 1.35 bits per heavy atom. The van der Waals surface area contributed by atoms with E-state index >= 15 is 0 Å². The molecule has 1 saturated heterocycles. The van der Waals surface area contributed by atoms with E-state index in [1.165, 1.54) is 12.1 Å². The van der Waals surface area contributed by atoms with E-state index in [9.17, 15) is 23.4 Å².